The lowest BCUT2D eigenvalue weighted by Gasteiger charge is -2.13. The number of nitrogens with zero attached hydrogens (tertiary/aromatic N) is 2. The Morgan fingerprint density at radius 3 is 2.35 bits per heavy atom. The minimum atomic E-state index is -0.0145. The average molecular weight is 262 g/mol. The lowest BCUT2D eigenvalue weighted by atomic mass is 10.2. The van der Waals surface area contributed by atoms with Crippen molar-refractivity contribution >= 4 is 0 Å². The summed E-state index contributed by atoms with van der Waals surface area (Å²) in [7, 11) is 0. The third-order valence-electron chi connectivity index (χ3n) is 3.21. The van der Waals surface area contributed by atoms with Gasteiger partial charge in [-0.25, -0.2) is 0 Å². The third-order valence-corrected chi connectivity index (χ3v) is 3.21. The molecule has 0 aliphatic heterocycles. The molecule has 98 valence electrons. The highest BCUT2D eigenvalue weighted by Gasteiger charge is 2.10. The van der Waals surface area contributed by atoms with Crippen molar-refractivity contribution in [2.24, 2.45) is 0 Å². The van der Waals surface area contributed by atoms with Gasteiger partial charge in [0.15, 0.2) is 0 Å². The molecule has 3 nitrogen and oxygen atoms in total. The molecule has 0 N–H and O–H groups in total. The van der Waals surface area contributed by atoms with Crippen LogP contribution in [0.2, 0.25) is 0 Å². The SMILES string of the molecule is Cc1ccc(-c2ccccn2)n(-c2ccccc2)c1=O. The highest BCUT2D eigenvalue weighted by molar-refractivity contribution is 5.58. The van der Waals surface area contributed by atoms with Gasteiger partial charge in [-0.15, -0.1) is 0 Å². The van der Waals surface area contributed by atoms with Crippen LogP contribution in [-0.4, -0.2) is 9.55 Å². The van der Waals surface area contributed by atoms with Crippen molar-refractivity contribution in [3.63, 3.8) is 0 Å². The zero-order valence-corrected chi connectivity index (χ0v) is 11.2. The van der Waals surface area contributed by atoms with Crippen LogP contribution in [0.5, 0.6) is 0 Å². The van der Waals surface area contributed by atoms with E-state index >= 15 is 0 Å². The van der Waals surface area contributed by atoms with Gasteiger partial charge in [-0.05, 0) is 37.3 Å². The molecule has 3 heteroatoms. The number of benzene rings is 1. The van der Waals surface area contributed by atoms with Gasteiger partial charge >= 0.3 is 0 Å². The Kier molecular flexibility index (Phi) is 3.17. The fourth-order valence-corrected chi connectivity index (χ4v) is 2.18. The summed E-state index contributed by atoms with van der Waals surface area (Å²) in [6.07, 6.45) is 1.73. The number of aryl methyl sites for hydroxylation is 1. The Morgan fingerprint density at radius 1 is 0.900 bits per heavy atom. The smallest absolute Gasteiger partial charge is 0.258 e. The Bertz CT molecular complexity index is 777. The first-order valence-corrected chi connectivity index (χ1v) is 6.47. The van der Waals surface area contributed by atoms with E-state index in [9.17, 15) is 4.79 Å². The predicted octanol–water partition coefficient (Wildman–Crippen LogP) is 3.21. The van der Waals surface area contributed by atoms with Crippen LogP contribution in [-0.2, 0) is 0 Å². The Labute approximate surface area is 117 Å². The average Bonchev–Trinajstić information content (AvgIpc) is 2.51. The molecular weight excluding hydrogens is 248 g/mol. The molecule has 0 spiro atoms. The van der Waals surface area contributed by atoms with Crippen molar-refractivity contribution in [3.8, 4) is 17.1 Å². The fraction of sp³-hybridized carbons (Fsp3) is 0.0588. The maximum absolute atomic E-state index is 12.5. The fourth-order valence-electron chi connectivity index (χ4n) is 2.18. The molecule has 2 heterocycles. The summed E-state index contributed by atoms with van der Waals surface area (Å²) in [6, 6.07) is 19.1. The van der Waals surface area contributed by atoms with Gasteiger partial charge in [0.25, 0.3) is 5.56 Å². The van der Waals surface area contributed by atoms with Crippen LogP contribution in [0.25, 0.3) is 17.1 Å². The molecule has 3 aromatic rings. The highest BCUT2D eigenvalue weighted by Crippen LogP contribution is 2.19. The number of hydrogen-bond donors (Lipinski definition) is 0. The summed E-state index contributed by atoms with van der Waals surface area (Å²) in [5.74, 6) is 0. The van der Waals surface area contributed by atoms with Gasteiger partial charge in [-0.1, -0.05) is 30.3 Å². The van der Waals surface area contributed by atoms with Crippen molar-refractivity contribution in [3.05, 3.63) is 82.8 Å². The molecule has 0 aliphatic carbocycles. The van der Waals surface area contributed by atoms with Crippen LogP contribution < -0.4 is 5.56 Å². The molecule has 0 saturated heterocycles. The van der Waals surface area contributed by atoms with E-state index in [4.69, 9.17) is 0 Å². The molecule has 0 aliphatic rings. The molecule has 0 fully saturated rings. The van der Waals surface area contributed by atoms with Gasteiger partial charge in [0.2, 0.25) is 0 Å². The van der Waals surface area contributed by atoms with E-state index in [1.54, 1.807) is 10.8 Å². The van der Waals surface area contributed by atoms with Crippen LogP contribution in [0, 0.1) is 6.92 Å². The first-order valence-electron chi connectivity index (χ1n) is 6.47. The van der Waals surface area contributed by atoms with Crippen LogP contribution in [0.1, 0.15) is 5.56 Å². The molecule has 2 aromatic heterocycles. The molecule has 0 radical (unpaired) electrons. The van der Waals surface area contributed by atoms with Crippen LogP contribution in [0.3, 0.4) is 0 Å². The second-order valence-electron chi connectivity index (χ2n) is 4.59. The summed E-state index contributed by atoms with van der Waals surface area (Å²) in [5, 5.41) is 0. The molecule has 0 unspecified atom stereocenters. The van der Waals surface area contributed by atoms with Gasteiger partial charge in [0.1, 0.15) is 0 Å². The summed E-state index contributed by atoms with van der Waals surface area (Å²) < 4.78 is 1.71. The maximum atomic E-state index is 12.5. The van der Waals surface area contributed by atoms with E-state index in [0.717, 1.165) is 17.1 Å². The van der Waals surface area contributed by atoms with Crippen molar-refractivity contribution in [2.75, 3.05) is 0 Å². The third kappa shape index (κ3) is 2.14. The number of para-hydroxylation sites is 1. The van der Waals surface area contributed by atoms with Gasteiger partial charge in [0, 0.05) is 17.4 Å². The quantitative estimate of drug-likeness (QED) is 0.710. The number of hydrogen-bond acceptors (Lipinski definition) is 2. The minimum Gasteiger partial charge on any atom is -0.275 e. The minimum absolute atomic E-state index is 0.0145. The van der Waals surface area contributed by atoms with Crippen LogP contribution in [0.4, 0.5) is 0 Å². The number of pyridine rings is 2. The lowest BCUT2D eigenvalue weighted by Crippen LogP contribution is -2.22. The van der Waals surface area contributed by atoms with E-state index in [2.05, 4.69) is 4.98 Å². The van der Waals surface area contributed by atoms with E-state index in [-0.39, 0.29) is 5.56 Å². The standard InChI is InChI=1S/C17H14N2O/c1-13-10-11-16(15-9-5-6-12-18-15)19(17(13)20)14-7-3-2-4-8-14/h2-12H,1H3. The Hall–Kier alpha value is -2.68. The molecule has 1 aromatic carbocycles. The molecule has 0 saturated carbocycles. The van der Waals surface area contributed by atoms with Crippen molar-refractivity contribution in [1.29, 1.82) is 0 Å². The maximum Gasteiger partial charge on any atom is 0.258 e. The number of rotatable bonds is 2. The second-order valence-corrected chi connectivity index (χ2v) is 4.59. The van der Waals surface area contributed by atoms with Crippen LogP contribution >= 0.6 is 0 Å². The Balaban J connectivity index is 2.32. The molecule has 0 bridgehead atoms. The Morgan fingerprint density at radius 2 is 1.65 bits per heavy atom. The number of aromatic nitrogens is 2. The molecule has 20 heavy (non-hydrogen) atoms. The molecule has 0 atom stereocenters. The van der Waals surface area contributed by atoms with Gasteiger partial charge in [-0.2, -0.15) is 0 Å². The van der Waals surface area contributed by atoms with Gasteiger partial charge < -0.3 is 0 Å². The normalized spacial score (nSPS) is 10.4. The van der Waals surface area contributed by atoms with Crippen molar-refractivity contribution in [1.82, 2.24) is 9.55 Å². The van der Waals surface area contributed by atoms with Crippen molar-refractivity contribution < 1.29 is 0 Å². The summed E-state index contributed by atoms with van der Waals surface area (Å²) in [5.41, 5.74) is 3.13. The topological polar surface area (TPSA) is 34.9 Å². The molecular formula is C17H14N2O. The highest BCUT2D eigenvalue weighted by atomic mass is 16.1. The van der Waals surface area contributed by atoms with Crippen LogP contribution in [0.15, 0.2) is 71.7 Å². The molecule has 0 amide bonds. The monoisotopic (exact) mass is 262 g/mol. The second kappa shape index (κ2) is 5.13. The lowest BCUT2D eigenvalue weighted by molar-refractivity contribution is 0.972. The van der Waals surface area contributed by atoms with E-state index < -0.39 is 0 Å². The summed E-state index contributed by atoms with van der Waals surface area (Å²) in [4.78, 5) is 16.8. The van der Waals surface area contributed by atoms with E-state index in [0.29, 0.717) is 5.56 Å². The zero-order valence-electron chi connectivity index (χ0n) is 11.2. The summed E-state index contributed by atoms with van der Waals surface area (Å²) in [6.45, 7) is 1.82. The molecule has 3 rings (SSSR count). The first-order chi connectivity index (χ1) is 9.77. The largest absolute Gasteiger partial charge is 0.275 e. The van der Waals surface area contributed by atoms with Crippen molar-refractivity contribution in [2.45, 2.75) is 6.92 Å². The summed E-state index contributed by atoms with van der Waals surface area (Å²) >= 11 is 0. The zero-order chi connectivity index (χ0) is 13.9. The van der Waals surface area contributed by atoms with E-state index in [1.807, 2.05) is 67.6 Å². The van der Waals surface area contributed by atoms with E-state index in [1.165, 1.54) is 0 Å². The first kappa shape index (κ1) is 12.4. The van der Waals surface area contributed by atoms with Gasteiger partial charge in [-0.3, -0.25) is 14.3 Å². The predicted molar refractivity (Wildman–Crippen MR) is 80.0 cm³/mol. The van der Waals surface area contributed by atoms with Gasteiger partial charge in [0.05, 0.1) is 11.4 Å².